The highest BCUT2D eigenvalue weighted by atomic mass is 32.1. The molecule has 1 atom stereocenters. The van der Waals surface area contributed by atoms with Gasteiger partial charge in [0.05, 0.1) is 6.61 Å². The van der Waals surface area contributed by atoms with Crippen LogP contribution < -0.4 is 0 Å². The lowest BCUT2D eigenvalue weighted by Gasteiger charge is -2.16. The zero-order valence-corrected chi connectivity index (χ0v) is 14.3. The van der Waals surface area contributed by atoms with Crippen molar-refractivity contribution in [1.82, 2.24) is 15.1 Å². The number of nitrogens with zero attached hydrogens (tertiary/aromatic N) is 3. The number of aryl methyl sites for hydroxylation is 1. The van der Waals surface area contributed by atoms with Gasteiger partial charge in [0.25, 0.3) is 0 Å². The fourth-order valence-corrected chi connectivity index (χ4v) is 3.78. The second kappa shape index (κ2) is 7.19. The summed E-state index contributed by atoms with van der Waals surface area (Å²) in [5.74, 6) is 0.589. The Labute approximate surface area is 140 Å². The van der Waals surface area contributed by atoms with Crippen molar-refractivity contribution in [2.75, 3.05) is 26.8 Å². The summed E-state index contributed by atoms with van der Waals surface area (Å²) in [6.45, 7) is 4.06. The molecule has 2 heterocycles. The highest BCUT2D eigenvalue weighted by molar-refractivity contribution is 7.14. The number of likely N-dealkylation sites (tertiary alicyclic amines) is 1. The summed E-state index contributed by atoms with van der Waals surface area (Å²) in [5.41, 5.74) is 2.39. The van der Waals surface area contributed by atoms with Crippen LogP contribution in [0.2, 0.25) is 0 Å². The van der Waals surface area contributed by atoms with Crippen molar-refractivity contribution in [2.24, 2.45) is 5.92 Å². The highest BCUT2D eigenvalue weighted by Gasteiger charge is 2.29. The monoisotopic (exact) mass is 331 g/mol. The van der Waals surface area contributed by atoms with Crippen LogP contribution in [0.25, 0.3) is 10.6 Å². The molecule has 0 aliphatic carbocycles. The van der Waals surface area contributed by atoms with Gasteiger partial charge in [0.1, 0.15) is 10.0 Å². The highest BCUT2D eigenvalue weighted by Crippen LogP contribution is 2.30. The lowest BCUT2D eigenvalue weighted by molar-refractivity contribution is -0.128. The first-order chi connectivity index (χ1) is 11.2. The smallest absolute Gasteiger partial charge is 0.223 e. The maximum Gasteiger partial charge on any atom is 0.223 e. The molecule has 6 heteroatoms. The van der Waals surface area contributed by atoms with Gasteiger partial charge in [0.15, 0.2) is 0 Å². The number of methoxy groups -OCH3 is 1. The minimum atomic E-state index is 0.233. The molecule has 1 aromatic heterocycles. The molecule has 1 aromatic carbocycles. The van der Waals surface area contributed by atoms with E-state index in [0.29, 0.717) is 25.5 Å². The zero-order valence-electron chi connectivity index (χ0n) is 13.5. The van der Waals surface area contributed by atoms with E-state index in [4.69, 9.17) is 4.74 Å². The first kappa shape index (κ1) is 16.1. The Kier molecular flexibility index (Phi) is 5.03. The van der Waals surface area contributed by atoms with Gasteiger partial charge in [-0.15, -0.1) is 10.2 Å². The Morgan fingerprint density at radius 3 is 2.91 bits per heavy atom. The van der Waals surface area contributed by atoms with Gasteiger partial charge in [0, 0.05) is 32.2 Å². The maximum absolute atomic E-state index is 12.1. The number of aromatic nitrogens is 2. The third-order valence-corrected chi connectivity index (χ3v) is 5.01. The minimum Gasteiger partial charge on any atom is -0.383 e. The maximum atomic E-state index is 12.1. The fraction of sp³-hybridized carbons (Fsp3) is 0.471. The Balaban J connectivity index is 1.73. The summed E-state index contributed by atoms with van der Waals surface area (Å²) in [6, 6.07) is 8.30. The van der Waals surface area contributed by atoms with Crippen LogP contribution in [0.3, 0.4) is 0 Å². The van der Waals surface area contributed by atoms with E-state index in [0.717, 1.165) is 28.5 Å². The summed E-state index contributed by atoms with van der Waals surface area (Å²) >= 11 is 1.61. The van der Waals surface area contributed by atoms with E-state index < -0.39 is 0 Å². The van der Waals surface area contributed by atoms with Gasteiger partial charge in [-0.05, 0) is 24.8 Å². The normalized spacial score (nSPS) is 17.9. The number of benzene rings is 1. The van der Waals surface area contributed by atoms with Crippen LogP contribution in [0.1, 0.15) is 17.0 Å². The molecule has 3 rings (SSSR count). The van der Waals surface area contributed by atoms with E-state index in [2.05, 4.69) is 22.3 Å². The molecule has 122 valence electrons. The van der Waals surface area contributed by atoms with Crippen molar-refractivity contribution >= 4 is 17.2 Å². The molecule has 2 aromatic rings. The molecule has 23 heavy (non-hydrogen) atoms. The molecule has 1 amide bonds. The number of hydrogen-bond acceptors (Lipinski definition) is 5. The summed E-state index contributed by atoms with van der Waals surface area (Å²) in [7, 11) is 1.67. The molecule has 0 bridgehead atoms. The van der Waals surface area contributed by atoms with Gasteiger partial charge in [0.2, 0.25) is 5.91 Å². The van der Waals surface area contributed by atoms with Crippen molar-refractivity contribution in [1.29, 1.82) is 0 Å². The number of rotatable bonds is 6. The Morgan fingerprint density at radius 2 is 2.17 bits per heavy atom. The molecule has 5 nitrogen and oxygen atoms in total. The molecular formula is C17H21N3O2S. The first-order valence-corrected chi connectivity index (χ1v) is 8.64. The van der Waals surface area contributed by atoms with E-state index in [9.17, 15) is 4.79 Å². The van der Waals surface area contributed by atoms with Gasteiger partial charge >= 0.3 is 0 Å². The van der Waals surface area contributed by atoms with Gasteiger partial charge in [-0.3, -0.25) is 4.79 Å². The Morgan fingerprint density at radius 1 is 1.35 bits per heavy atom. The molecule has 0 unspecified atom stereocenters. The number of ether oxygens (including phenoxy) is 1. The standard InChI is InChI=1S/C17H21N3O2S/c1-12-18-19-17(23-12)15-6-4-3-5-14(15)9-13-10-16(21)20(11-13)7-8-22-2/h3-6,13H,7-11H2,1-2H3/t13-/m0/s1. The third kappa shape index (κ3) is 3.76. The third-order valence-electron chi connectivity index (χ3n) is 4.14. The molecular weight excluding hydrogens is 310 g/mol. The zero-order chi connectivity index (χ0) is 16.2. The number of carbonyl (C=O) groups is 1. The predicted octanol–water partition coefficient (Wildman–Crippen LogP) is 2.55. The van der Waals surface area contributed by atoms with Crippen LogP contribution in [-0.2, 0) is 16.0 Å². The van der Waals surface area contributed by atoms with Gasteiger partial charge < -0.3 is 9.64 Å². The molecule has 0 spiro atoms. The van der Waals surface area contributed by atoms with E-state index in [1.54, 1.807) is 18.4 Å². The molecule has 0 radical (unpaired) electrons. The minimum absolute atomic E-state index is 0.233. The van der Waals surface area contributed by atoms with Crippen LogP contribution in [0, 0.1) is 12.8 Å². The predicted molar refractivity (Wildman–Crippen MR) is 90.3 cm³/mol. The SMILES string of the molecule is COCCN1C[C@@H](Cc2ccccc2-c2nnc(C)s2)CC1=O. The molecule has 1 aliphatic heterocycles. The summed E-state index contributed by atoms with van der Waals surface area (Å²) in [4.78, 5) is 14.0. The molecule has 0 saturated carbocycles. The first-order valence-electron chi connectivity index (χ1n) is 7.82. The largest absolute Gasteiger partial charge is 0.383 e. The Bertz CT molecular complexity index is 686. The molecule has 1 saturated heterocycles. The van der Waals surface area contributed by atoms with E-state index in [1.165, 1.54) is 5.56 Å². The number of hydrogen-bond donors (Lipinski definition) is 0. The van der Waals surface area contributed by atoms with Crippen LogP contribution in [0.5, 0.6) is 0 Å². The van der Waals surface area contributed by atoms with Crippen molar-refractivity contribution in [3.8, 4) is 10.6 Å². The second-order valence-corrected chi connectivity index (χ2v) is 7.07. The topological polar surface area (TPSA) is 55.3 Å². The lowest BCUT2D eigenvalue weighted by Crippen LogP contribution is -2.28. The van der Waals surface area contributed by atoms with E-state index in [-0.39, 0.29) is 5.91 Å². The van der Waals surface area contributed by atoms with Crippen LogP contribution in [0.15, 0.2) is 24.3 Å². The van der Waals surface area contributed by atoms with E-state index >= 15 is 0 Å². The fourth-order valence-electron chi connectivity index (χ4n) is 3.03. The lowest BCUT2D eigenvalue weighted by atomic mass is 9.95. The average Bonchev–Trinajstić information content (AvgIpc) is 3.12. The van der Waals surface area contributed by atoms with Crippen LogP contribution in [-0.4, -0.2) is 47.8 Å². The second-order valence-electron chi connectivity index (χ2n) is 5.89. The van der Waals surface area contributed by atoms with Crippen molar-refractivity contribution in [3.05, 3.63) is 34.8 Å². The van der Waals surface area contributed by atoms with Gasteiger partial charge in [-0.1, -0.05) is 35.6 Å². The molecule has 1 aliphatic rings. The molecule has 0 N–H and O–H groups in total. The van der Waals surface area contributed by atoms with E-state index in [1.807, 2.05) is 24.0 Å². The van der Waals surface area contributed by atoms with Crippen LogP contribution >= 0.6 is 11.3 Å². The van der Waals surface area contributed by atoms with Gasteiger partial charge in [-0.2, -0.15) is 0 Å². The molecule has 1 fully saturated rings. The van der Waals surface area contributed by atoms with Crippen molar-refractivity contribution < 1.29 is 9.53 Å². The quantitative estimate of drug-likeness (QED) is 0.816. The number of amides is 1. The summed E-state index contributed by atoms with van der Waals surface area (Å²) in [5, 5.41) is 10.3. The van der Waals surface area contributed by atoms with Crippen molar-refractivity contribution in [3.63, 3.8) is 0 Å². The van der Waals surface area contributed by atoms with Gasteiger partial charge in [-0.25, -0.2) is 0 Å². The van der Waals surface area contributed by atoms with Crippen LogP contribution in [0.4, 0.5) is 0 Å². The number of carbonyl (C=O) groups excluding carboxylic acids is 1. The Hall–Kier alpha value is -1.79. The average molecular weight is 331 g/mol. The summed E-state index contributed by atoms with van der Waals surface area (Å²) in [6.07, 6.45) is 1.51. The summed E-state index contributed by atoms with van der Waals surface area (Å²) < 4.78 is 5.08. The van der Waals surface area contributed by atoms with Crippen molar-refractivity contribution in [2.45, 2.75) is 19.8 Å².